The number of ether oxygens (including phenoxy) is 1. The average Bonchev–Trinajstić information content (AvgIpc) is 3.50. The van der Waals surface area contributed by atoms with Crippen molar-refractivity contribution in [3.63, 3.8) is 0 Å². The van der Waals surface area contributed by atoms with Gasteiger partial charge in [-0.25, -0.2) is 0 Å². The van der Waals surface area contributed by atoms with Crippen LogP contribution in [-0.2, 0) is 11.3 Å². The summed E-state index contributed by atoms with van der Waals surface area (Å²) in [6, 6.07) is 11.3. The Bertz CT molecular complexity index is 811. The molecule has 148 valence electrons. The molecule has 28 heavy (non-hydrogen) atoms. The lowest BCUT2D eigenvalue weighted by atomic mass is 9.99. The second kappa shape index (κ2) is 7.84. The van der Waals surface area contributed by atoms with Crippen LogP contribution in [0.25, 0.3) is 0 Å². The van der Waals surface area contributed by atoms with Gasteiger partial charge in [0.1, 0.15) is 0 Å². The van der Waals surface area contributed by atoms with Gasteiger partial charge in [0.05, 0.1) is 23.9 Å². The molecule has 0 aromatic carbocycles. The molecule has 6 heteroatoms. The van der Waals surface area contributed by atoms with Crippen LogP contribution in [0.5, 0.6) is 0 Å². The number of hydrogen-bond donors (Lipinski definition) is 1. The highest BCUT2D eigenvalue weighted by Gasteiger charge is 2.44. The van der Waals surface area contributed by atoms with Crippen molar-refractivity contribution >= 4 is 17.3 Å². The van der Waals surface area contributed by atoms with Gasteiger partial charge in [-0.15, -0.1) is 0 Å². The molecule has 3 atom stereocenters. The highest BCUT2D eigenvalue weighted by molar-refractivity contribution is 7.80. The Morgan fingerprint density at radius 1 is 1.11 bits per heavy atom. The van der Waals surface area contributed by atoms with E-state index in [1.165, 1.54) is 37.8 Å². The maximum atomic E-state index is 5.91. The molecule has 0 radical (unpaired) electrons. The van der Waals surface area contributed by atoms with Crippen LogP contribution < -0.4 is 5.32 Å². The molecule has 1 saturated carbocycles. The number of thiocarbonyl (C=S) groups is 1. The quantitative estimate of drug-likeness (QED) is 0.775. The molecule has 5 nitrogen and oxygen atoms in total. The van der Waals surface area contributed by atoms with Gasteiger partial charge in [0.15, 0.2) is 5.11 Å². The SMILES string of the molecule is S=C1N[C@H](c2ccccn2)[C@H](c2cccn2C[C@H]2CCCO2)N1C1CCCC1. The number of pyridine rings is 1. The molecule has 0 bridgehead atoms. The smallest absolute Gasteiger partial charge is 0.170 e. The largest absolute Gasteiger partial charge is 0.376 e. The van der Waals surface area contributed by atoms with Crippen LogP contribution in [0, 0.1) is 0 Å². The maximum absolute atomic E-state index is 5.91. The van der Waals surface area contributed by atoms with Gasteiger partial charge in [-0.05, 0) is 62.2 Å². The molecule has 0 amide bonds. The maximum Gasteiger partial charge on any atom is 0.170 e. The van der Waals surface area contributed by atoms with E-state index < -0.39 is 0 Å². The molecular formula is C22H28N4OS. The summed E-state index contributed by atoms with van der Waals surface area (Å²) in [6.45, 7) is 1.81. The van der Waals surface area contributed by atoms with E-state index in [-0.39, 0.29) is 12.1 Å². The number of nitrogens with zero attached hydrogens (tertiary/aromatic N) is 3. The van der Waals surface area contributed by atoms with Crippen molar-refractivity contribution in [3.8, 4) is 0 Å². The Kier molecular flexibility index (Phi) is 5.07. The minimum atomic E-state index is 0.0763. The third kappa shape index (κ3) is 3.33. The Labute approximate surface area is 172 Å². The van der Waals surface area contributed by atoms with E-state index in [1.807, 2.05) is 12.3 Å². The summed E-state index contributed by atoms with van der Waals surface area (Å²) in [5, 5.41) is 4.48. The highest BCUT2D eigenvalue weighted by Crippen LogP contribution is 2.43. The van der Waals surface area contributed by atoms with Crippen molar-refractivity contribution in [2.45, 2.75) is 69.3 Å². The predicted molar refractivity (Wildman–Crippen MR) is 113 cm³/mol. The molecule has 5 rings (SSSR count). The zero-order valence-electron chi connectivity index (χ0n) is 16.2. The summed E-state index contributed by atoms with van der Waals surface area (Å²) < 4.78 is 8.30. The van der Waals surface area contributed by atoms with Crippen molar-refractivity contribution in [2.75, 3.05) is 6.61 Å². The first kappa shape index (κ1) is 18.1. The van der Waals surface area contributed by atoms with Crippen molar-refractivity contribution in [1.29, 1.82) is 0 Å². The van der Waals surface area contributed by atoms with Crippen LogP contribution in [-0.4, -0.2) is 38.3 Å². The van der Waals surface area contributed by atoms with E-state index in [4.69, 9.17) is 17.0 Å². The normalized spacial score (nSPS) is 28.2. The fourth-order valence-electron chi connectivity index (χ4n) is 5.13. The number of aromatic nitrogens is 2. The molecule has 3 aliphatic rings. The Balaban J connectivity index is 1.52. The molecule has 1 aliphatic carbocycles. The number of nitrogens with one attached hydrogen (secondary N) is 1. The summed E-state index contributed by atoms with van der Waals surface area (Å²) in [4.78, 5) is 7.14. The summed E-state index contributed by atoms with van der Waals surface area (Å²) in [6.07, 6.45) is 11.7. The van der Waals surface area contributed by atoms with Crippen LogP contribution in [0.4, 0.5) is 0 Å². The van der Waals surface area contributed by atoms with Gasteiger partial charge < -0.3 is 19.5 Å². The van der Waals surface area contributed by atoms with Crippen LogP contribution in [0.3, 0.4) is 0 Å². The molecule has 0 unspecified atom stereocenters. The van der Waals surface area contributed by atoms with Gasteiger partial charge in [-0.2, -0.15) is 0 Å². The Hall–Kier alpha value is -1.92. The first-order valence-corrected chi connectivity index (χ1v) is 11.0. The van der Waals surface area contributed by atoms with Crippen LogP contribution >= 0.6 is 12.2 Å². The van der Waals surface area contributed by atoms with Crippen molar-refractivity contribution < 1.29 is 4.74 Å². The average molecular weight is 397 g/mol. The van der Waals surface area contributed by atoms with Gasteiger partial charge in [-0.3, -0.25) is 4.98 Å². The molecule has 2 aliphatic heterocycles. The van der Waals surface area contributed by atoms with Crippen LogP contribution in [0.1, 0.15) is 62.0 Å². The topological polar surface area (TPSA) is 42.3 Å². The minimum Gasteiger partial charge on any atom is -0.376 e. The lowest BCUT2D eigenvalue weighted by molar-refractivity contribution is 0.0949. The van der Waals surface area contributed by atoms with E-state index in [9.17, 15) is 0 Å². The van der Waals surface area contributed by atoms with Gasteiger partial charge >= 0.3 is 0 Å². The van der Waals surface area contributed by atoms with E-state index in [1.54, 1.807) is 0 Å². The van der Waals surface area contributed by atoms with Crippen LogP contribution in [0.2, 0.25) is 0 Å². The first-order chi connectivity index (χ1) is 13.8. The number of hydrogen-bond acceptors (Lipinski definition) is 3. The molecule has 3 fully saturated rings. The second-order valence-electron chi connectivity index (χ2n) is 8.19. The highest BCUT2D eigenvalue weighted by atomic mass is 32.1. The summed E-state index contributed by atoms with van der Waals surface area (Å²) >= 11 is 5.85. The third-order valence-electron chi connectivity index (χ3n) is 6.45. The lowest BCUT2D eigenvalue weighted by Gasteiger charge is -2.33. The van der Waals surface area contributed by atoms with Gasteiger partial charge in [0.25, 0.3) is 0 Å². The minimum absolute atomic E-state index is 0.0763. The molecule has 2 saturated heterocycles. The zero-order chi connectivity index (χ0) is 18.9. The molecular weight excluding hydrogens is 368 g/mol. The lowest BCUT2D eigenvalue weighted by Crippen LogP contribution is -2.38. The third-order valence-corrected chi connectivity index (χ3v) is 6.77. The van der Waals surface area contributed by atoms with Gasteiger partial charge in [0, 0.05) is 37.3 Å². The monoisotopic (exact) mass is 396 g/mol. The van der Waals surface area contributed by atoms with Gasteiger partial charge in [0.2, 0.25) is 0 Å². The van der Waals surface area contributed by atoms with Crippen molar-refractivity contribution in [2.24, 2.45) is 0 Å². The Morgan fingerprint density at radius 3 is 2.75 bits per heavy atom. The summed E-state index contributed by atoms with van der Waals surface area (Å²) in [5.41, 5.74) is 2.37. The predicted octanol–water partition coefficient (Wildman–Crippen LogP) is 3.98. The van der Waals surface area contributed by atoms with Crippen molar-refractivity contribution in [3.05, 3.63) is 54.1 Å². The molecule has 0 spiro atoms. The van der Waals surface area contributed by atoms with E-state index in [0.29, 0.717) is 12.1 Å². The summed E-state index contributed by atoms with van der Waals surface area (Å²) in [7, 11) is 0. The zero-order valence-corrected chi connectivity index (χ0v) is 17.0. The first-order valence-electron chi connectivity index (χ1n) is 10.6. The Morgan fingerprint density at radius 2 is 2.00 bits per heavy atom. The number of rotatable bonds is 5. The van der Waals surface area contributed by atoms with E-state index in [0.717, 1.165) is 30.4 Å². The van der Waals surface area contributed by atoms with E-state index >= 15 is 0 Å². The van der Waals surface area contributed by atoms with E-state index in [2.05, 4.69) is 50.2 Å². The fourth-order valence-corrected chi connectivity index (χ4v) is 5.52. The molecule has 1 N–H and O–H groups in total. The summed E-state index contributed by atoms with van der Waals surface area (Å²) in [5.74, 6) is 0. The molecule has 2 aromatic rings. The van der Waals surface area contributed by atoms with Crippen LogP contribution in [0.15, 0.2) is 42.7 Å². The van der Waals surface area contributed by atoms with Gasteiger partial charge in [-0.1, -0.05) is 18.9 Å². The second-order valence-corrected chi connectivity index (χ2v) is 8.58. The van der Waals surface area contributed by atoms with Crippen molar-refractivity contribution in [1.82, 2.24) is 19.8 Å². The molecule has 4 heterocycles. The fraction of sp³-hybridized carbons (Fsp3) is 0.545. The molecule has 2 aromatic heterocycles. The standard InChI is InChI=1S/C22H28N4OS/c28-22-24-20(18-10-3-4-12-23-18)21(26(22)16-7-1-2-8-16)19-11-5-13-25(19)15-17-9-6-14-27-17/h3-5,10-13,16-17,20-21H,1-2,6-9,14-15H2,(H,24,28)/t17-,20-,21+/m1/s1.